The molecule has 4 heteroatoms. The molecule has 1 aromatic rings. The molecule has 1 fully saturated rings. The molecule has 1 aliphatic heterocycles. The second kappa shape index (κ2) is 5.03. The second-order valence-electron chi connectivity index (χ2n) is 5.42. The van der Waals surface area contributed by atoms with E-state index >= 15 is 0 Å². The lowest BCUT2D eigenvalue weighted by atomic mass is 9.88. The van der Waals surface area contributed by atoms with Crippen molar-refractivity contribution >= 4 is 11.8 Å². The van der Waals surface area contributed by atoms with E-state index in [2.05, 4.69) is 28.8 Å². The van der Waals surface area contributed by atoms with Crippen molar-refractivity contribution in [1.29, 1.82) is 0 Å². The smallest absolute Gasteiger partial charge is 0.225 e. The Kier molecular flexibility index (Phi) is 3.23. The fraction of sp³-hybridized carbons (Fsp3) is 0.467. The van der Waals surface area contributed by atoms with Gasteiger partial charge >= 0.3 is 0 Å². The molecule has 0 bridgehead atoms. The SMILES string of the molecule is O=C1CC(C(=O)NC2CCc3ccccc3C2)CN1. The lowest BCUT2D eigenvalue weighted by Gasteiger charge is -2.26. The molecule has 4 nitrogen and oxygen atoms in total. The molecule has 2 unspecified atom stereocenters. The zero-order valence-electron chi connectivity index (χ0n) is 10.8. The molecule has 0 saturated carbocycles. The minimum atomic E-state index is -0.190. The van der Waals surface area contributed by atoms with Gasteiger partial charge in [0.05, 0.1) is 5.92 Å². The zero-order chi connectivity index (χ0) is 13.2. The summed E-state index contributed by atoms with van der Waals surface area (Å²) in [6.07, 6.45) is 3.23. The first-order valence-corrected chi connectivity index (χ1v) is 6.86. The van der Waals surface area contributed by atoms with Crippen molar-refractivity contribution in [2.24, 2.45) is 5.92 Å². The molecule has 2 N–H and O–H groups in total. The van der Waals surface area contributed by atoms with E-state index in [1.54, 1.807) is 0 Å². The van der Waals surface area contributed by atoms with E-state index in [4.69, 9.17) is 0 Å². The number of nitrogens with one attached hydrogen (secondary N) is 2. The van der Waals surface area contributed by atoms with Crippen molar-refractivity contribution in [2.75, 3.05) is 6.54 Å². The highest BCUT2D eigenvalue weighted by Crippen LogP contribution is 2.21. The highest BCUT2D eigenvalue weighted by Gasteiger charge is 2.30. The highest BCUT2D eigenvalue weighted by molar-refractivity contribution is 5.89. The number of carbonyl (C=O) groups is 2. The van der Waals surface area contributed by atoms with Crippen LogP contribution in [0.3, 0.4) is 0 Å². The molecule has 1 aromatic carbocycles. The lowest BCUT2D eigenvalue weighted by molar-refractivity contribution is -0.127. The monoisotopic (exact) mass is 258 g/mol. The fourth-order valence-corrected chi connectivity index (χ4v) is 2.93. The van der Waals surface area contributed by atoms with Gasteiger partial charge in [-0.3, -0.25) is 9.59 Å². The summed E-state index contributed by atoms with van der Waals surface area (Å²) >= 11 is 0. The Morgan fingerprint density at radius 1 is 1.21 bits per heavy atom. The molecule has 2 atom stereocenters. The minimum Gasteiger partial charge on any atom is -0.355 e. The van der Waals surface area contributed by atoms with E-state index in [-0.39, 0.29) is 23.8 Å². The number of hydrogen-bond donors (Lipinski definition) is 2. The molecule has 2 amide bonds. The molecule has 0 radical (unpaired) electrons. The molecule has 1 saturated heterocycles. The predicted octanol–water partition coefficient (Wildman–Crippen LogP) is 0.796. The van der Waals surface area contributed by atoms with Gasteiger partial charge in [0.2, 0.25) is 11.8 Å². The summed E-state index contributed by atoms with van der Waals surface area (Å²) < 4.78 is 0. The molecule has 100 valence electrons. The van der Waals surface area contributed by atoms with Crippen molar-refractivity contribution < 1.29 is 9.59 Å². The van der Waals surface area contributed by atoms with Crippen LogP contribution in [0.1, 0.15) is 24.0 Å². The first-order valence-electron chi connectivity index (χ1n) is 6.86. The molecule has 0 aromatic heterocycles. The maximum atomic E-state index is 12.1. The summed E-state index contributed by atoms with van der Waals surface area (Å²) in [5, 5.41) is 5.79. The van der Waals surface area contributed by atoms with E-state index in [1.807, 2.05) is 6.07 Å². The Bertz CT molecular complexity index is 513. The van der Waals surface area contributed by atoms with Crippen LogP contribution in [0.5, 0.6) is 0 Å². The van der Waals surface area contributed by atoms with E-state index in [0.717, 1.165) is 19.3 Å². The number of rotatable bonds is 2. The van der Waals surface area contributed by atoms with E-state index in [0.29, 0.717) is 13.0 Å². The second-order valence-corrected chi connectivity index (χ2v) is 5.42. The molecule has 1 heterocycles. The minimum absolute atomic E-state index is 0.0164. The normalized spacial score (nSPS) is 25.6. The Hall–Kier alpha value is -1.84. The Labute approximate surface area is 112 Å². The van der Waals surface area contributed by atoms with Gasteiger partial charge in [-0.1, -0.05) is 24.3 Å². The molecule has 3 rings (SSSR count). The quantitative estimate of drug-likeness (QED) is 0.824. The third-order valence-electron chi connectivity index (χ3n) is 4.04. The summed E-state index contributed by atoms with van der Waals surface area (Å²) in [6.45, 7) is 0.480. The first kappa shape index (κ1) is 12.2. The van der Waals surface area contributed by atoms with Crippen molar-refractivity contribution in [3.05, 3.63) is 35.4 Å². The standard InChI is InChI=1S/C15H18N2O2/c18-14-8-12(9-16-14)15(19)17-13-6-5-10-3-1-2-4-11(10)7-13/h1-4,12-13H,5-9H2,(H,16,18)(H,17,19). The molecule has 2 aliphatic rings. The summed E-state index contributed by atoms with van der Waals surface area (Å²) in [7, 11) is 0. The fourth-order valence-electron chi connectivity index (χ4n) is 2.93. The molecular weight excluding hydrogens is 240 g/mol. The van der Waals surface area contributed by atoms with E-state index in [9.17, 15) is 9.59 Å². The summed E-state index contributed by atoms with van der Waals surface area (Å²) in [5.41, 5.74) is 2.73. The van der Waals surface area contributed by atoms with E-state index < -0.39 is 0 Å². The summed E-state index contributed by atoms with van der Waals surface area (Å²) in [4.78, 5) is 23.2. The molecule has 0 spiro atoms. The third kappa shape index (κ3) is 2.62. The van der Waals surface area contributed by atoms with Gasteiger partial charge in [0.1, 0.15) is 0 Å². The van der Waals surface area contributed by atoms with Crippen LogP contribution in [-0.2, 0) is 22.4 Å². The van der Waals surface area contributed by atoms with Crippen LogP contribution in [0, 0.1) is 5.92 Å². The van der Waals surface area contributed by atoms with Gasteiger partial charge in [-0.05, 0) is 30.4 Å². The molecular formula is C15H18N2O2. The van der Waals surface area contributed by atoms with Crippen molar-refractivity contribution in [1.82, 2.24) is 10.6 Å². The van der Waals surface area contributed by atoms with Gasteiger partial charge in [-0.25, -0.2) is 0 Å². The average molecular weight is 258 g/mol. The third-order valence-corrected chi connectivity index (χ3v) is 4.04. The van der Waals surface area contributed by atoms with Crippen LogP contribution < -0.4 is 10.6 Å². The largest absolute Gasteiger partial charge is 0.355 e. The molecule has 19 heavy (non-hydrogen) atoms. The number of amides is 2. The van der Waals surface area contributed by atoms with Crippen LogP contribution in [0.4, 0.5) is 0 Å². The Balaban J connectivity index is 1.60. The predicted molar refractivity (Wildman–Crippen MR) is 71.5 cm³/mol. The van der Waals surface area contributed by atoms with Gasteiger partial charge in [0.15, 0.2) is 0 Å². The van der Waals surface area contributed by atoms with Gasteiger partial charge in [0, 0.05) is 19.0 Å². The summed E-state index contributed by atoms with van der Waals surface area (Å²) in [5.74, 6) is -0.193. The van der Waals surface area contributed by atoms with Crippen LogP contribution in [0.2, 0.25) is 0 Å². The number of benzene rings is 1. The van der Waals surface area contributed by atoms with Gasteiger partial charge in [-0.2, -0.15) is 0 Å². The topological polar surface area (TPSA) is 58.2 Å². The Morgan fingerprint density at radius 3 is 2.74 bits per heavy atom. The highest BCUT2D eigenvalue weighted by atomic mass is 16.2. The lowest BCUT2D eigenvalue weighted by Crippen LogP contribution is -2.42. The van der Waals surface area contributed by atoms with E-state index in [1.165, 1.54) is 11.1 Å². The van der Waals surface area contributed by atoms with Crippen LogP contribution in [-0.4, -0.2) is 24.4 Å². The number of aryl methyl sites for hydroxylation is 1. The van der Waals surface area contributed by atoms with Crippen molar-refractivity contribution in [3.8, 4) is 0 Å². The maximum absolute atomic E-state index is 12.1. The maximum Gasteiger partial charge on any atom is 0.225 e. The van der Waals surface area contributed by atoms with Crippen molar-refractivity contribution in [2.45, 2.75) is 31.7 Å². The average Bonchev–Trinajstić information content (AvgIpc) is 2.85. The number of hydrogen-bond acceptors (Lipinski definition) is 2. The molecule has 1 aliphatic carbocycles. The van der Waals surface area contributed by atoms with Crippen LogP contribution in [0.25, 0.3) is 0 Å². The van der Waals surface area contributed by atoms with Crippen LogP contribution in [0.15, 0.2) is 24.3 Å². The van der Waals surface area contributed by atoms with Gasteiger partial charge < -0.3 is 10.6 Å². The van der Waals surface area contributed by atoms with Gasteiger partial charge in [0.25, 0.3) is 0 Å². The number of carbonyl (C=O) groups excluding carboxylic acids is 2. The van der Waals surface area contributed by atoms with Crippen LogP contribution >= 0.6 is 0 Å². The van der Waals surface area contributed by atoms with Crippen molar-refractivity contribution in [3.63, 3.8) is 0 Å². The summed E-state index contributed by atoms with van der Waals surface area (Å²) in [6, 6.07) is 8.61. The zero-order valence-corrected chi connectivity index (χ0v) is 10.8. The number of fused-ring (bicyclic) bond motifs is 1. The Morgan fingerprint density at radius 2 is 2.00 bits per heavy atom. The first-order chi connectivity index (χ1) is 9.22. The van der Waals surface area contributed by atoms with Gasteiger partial charge in [-0.15, -0.1) is 0 Å².